The van der Waals surface area contributed by atoms with Crippen molar-refractivity contribution in [2.24, 2.45) is 0 Å². The molecule has 2 saturated heterocycles. The van der Waals surface area contributed by atoms with Gasteiger partial charge in [-0.3, -0.25) is 4.79 Å². The van der Waals surface area contributed by atoms with Crippen LogP contribution >= 0.6 is 0 Å². The molecule has 1 aromatic rings. The maximum Gasteiger partial charge on any atom is 0.240 e. The van der Waals surface area contributed by atoms with E-state index in [1.807, 2.05) is 25.3 Å². The molecule has 3 rings (SSSR count). The molecule has 2 aliphatic rings. The molecule has 0 bridgehead atoms. The van der Waals surface area contributed by atoms with Crippen LogP contribution in [0.1, 0.15) is 26.3 Å². The van der Waals surface area contributed by atoms with Crippen LogP contribution in [0.3, 0.4) is 0 Å². The molecule has 0 saturated carbocycles. The maximum atomic E-state index is 12.3. The summed E-state index contributed by atoms with van der Waals surface area (Å²) >= 11 is 0. The number of nitrogens with zero attached hydrogens (tertiary/aromatic N) is 2. The molecule has 0 spiro atoms. The number of carbonyl (C=O) groups excluding carboxylic acids is 1. The summed E-state index contributed by atoms with van der Waals surface area (Å²) in [6.45, 7) is 9.58. The second kappa shape index (κ2) is 8.12. The fourth-order valence-electron chi connectivity index (χ4n) is 3.40. The summed E-state index contributed by atoms with van der Waals surface area (Å²) in [6.07, 6.45) is 2.13. The van der Waals surface area contributed by atoms with Gasteiger partial charge in [0.25, 0.3) is 0 Å². The number of hydrogen-bond donors (Lipinski definition) is 2. The molecule has 2 aliphatic heterocycles. The molecule has 2 fully saturated rings. The number of anilines is 1. The van der Waals surface area contributed by atoms with E-state index >= 15 is 0 Å². The Morgan fingerprint density at radius 3 is 2.72 bits per heavy atom. The van der Waals surface area contributed by atoms with Crippen LogP contribution in [-0.2, 0) is 20.8 Å². The van der Waals surface area contributed by atoms with E-state index in [-0.39, 0.29) is 30.3 Å². The first-order valence-corrected chi connectivity index (χ1v) is 9.01. The maximum absolute atomic E-state index is 12.3. The summed E-state index contributed by atoms with van der Waals surface area (Å²) in [6, 6.07) is 3.73. The first-order valence-electron chi connectivity index (χ1n) is 9.01. The van der Waals surface area contributed by atoms with Crippen molar-refractivity contribution < 1.29 is 14.3 Å². The predicted octanol–water partition coefficient (Wildman–Crippen LogP) is 0.688. The van der Waals surface area contributed by atoms with Gasteiger partial charge in [0.05, 0.1) is 24.9 Å². The first kappa shape index (κ1) is 18.1. The average Bonchev–Trinajstić information content (AvgIpc) is 2.60. The monoisotopic (exact) mass is 348 g/mol. The Morgan fingerprint density at radius 2 is 2.08 bits per heavy atom. The van der Waals surface area contributed by atoms with Crippen molar-refractivity contribution in [3.8, 4) is 0 Å². The van der Waals surface area contributed by atoms with Gasteiger partial charge < -0.3 is 25.0 Å². The molecule has 25 heavy (non-hydrogen) atoms. The van der Waals surface area contributed by atoms with Crippen LogP contribution in [0, 0.1) is 0 Å². The highest BCUT2D eigenvalue weighted by Crippen LogP contribution is 2.18. The molecule has 7 nitrogen and oxygen atoms in total. The summed E-state index contributed by atoms with van der Waals surface area (Å²) in [7, 11) is 0. The number of amides is 1. The van der Waals surface area contributed by atoms with Crippen molar-refractivity contribution in [2.45, 2.75) is 51.7 Å². The van der Waals surface area contributed by atoms with E-state index in [0.717, 1.165) is 24.5 Å². The standard InChI is InChI=1S/C18H28N4O3/c1-12-10-22(11-13(2)25-12)16-5-4-15(8-20-16)9-21-18(23)17-14(3)24-7-6-19-17/h4-5,8,12-14,17,19H,6-7,9-11H2,1-3H3,(H,21,23)/t12?,13?,14-,17+/m1/s1. The highest BCUT2D eigenvalue weighted by atomic mass is 16.5. The average molecular weight is 348 g/mol. The van der Waals surface area contributed by atoms with Crippen molar-refractivity contribution in [3.05, 3.63) is 23.9 Å². The molecule has 2 unspecified atom stereocenters. The highest BCUT2D eigenvalue weighted by Gasteiger charge is 2.28. The van der Waals surface area contributed by atoms with E-state index in [1.54, 1.807) is 0 Å². The van der Waals surface area contributed by atoms with Crippen LogP contribution in [0.2, 0.25) is 0 Å². The fraction of sp³-hybridized carbons (Fsp3) is 0.667. The van der Waals surface area contributed by atoms with Gasteiger partial charge in [0.2, 0.25) is 5.91 Å². The number of hydrogen-bond acceptors (Lipinski definition) is 6. The van der Waals surface area contributed by atoms with Gasteiger partial charge in [-0.05, 0) is 32.4 Å². The number of carbonyl (C=O) groups is 1. The number of aromatic nitrogens is 1. The summed E-state index contributed by atoms with van der Waals surface area (Å²) in [5, 5.41) is 6.15. The van der Waals surface area contributed by atoms with E-state index in [1.165, 1.54) is 0 Å². The van der Waals surface area contributed by atoms with Gasteiger partial charge in [-0.25, -0.2) is 4.98 Å². The number of morpholine rings is 2. The van der Waals surface area contributed by atoms with Gasteiger partial charge in [-0.1, -0.05) is 6.07 Å². The number of nitrogens with one attached hydrogen (secondary N) is 2. The van der Waals surface area contributed by atoms with Gasteiger partial charge >= 0.3 is 0 Å². The van der Waals surface area contributed by atoms with Crippen molar-refractivity contribution >= 4 is 11.7 Å². The van der Waals surface area contributed by atoms with Gasteiger partial charge in [0.15, 0.2) is 0 Å². The lowest BCUT2D eigenvalue weighted by Crippen LogP contribution is -2.55. The molecule has 1 aromatic heterocycles. The minimum atomic E-state index is -0.294. The van der Waals surface area contributed by atoms with Gasteiger partial charge in [0, 0.05) is 32.4 Å². The molecule has 3 heterocycles. The molecule has 0 aromatic carbocycles. The molecule has 4 atom stereocenters. The minimum Gasteiger partial charge on any atom is -0.375 e. The lowest BCUT2D eigenvalue weighted by Gasteiger charge is -2.36. The molecule has 0 radical (unpaired) electrons. The molecule has 138 valence electrons. The fourth-order valence-corrected chi connectivity index (χ4v) is 3.40. The molecule has 7 heteroatoms. The molecule has 0 aliphatic carbocycles. The quantitative estimate of drug-likeness (QED) is 0.834. The normalized spacial score (nSPS) is 30.1. The summed E-state index contributed by atoms with van der Waals surface area (Å²) in [5.74, 6) is 0.917. The smallest absolute Gasteiger partial charge is 0.240 e. The lowest BCUT2D eigenvalue weighted by molar-refractivity contribution is -0.129. The second-order valence-corrected chi connectivity index (χ2v) is 6.91. The zero-order valence-corrected chi connectivity index (χ0v) is 15.2. The number of rotatable bonds is 4. The van der Waals surface area contributed by atoms with Gasteiger partial charge in [-0.15, -0.1) is 0 Å². The largest absolute Gasteiger partial charge is 0.375 e. The highest BCUT2D eigenvalue weighted by molar-refractivity contribution is 5.82. The molecular formula is C18H28N4O3. The topological polar surface area (TPSA) is 75.7 Å². The third-order valence-corrected chi connectivity index (χ3v) is 4.62. The zero-order chi connectivity index (χ0) is 17.8. The van der Waals surface area contributed by atoms with Crippen molar-refractivity contribution in [2.75, 3.05) is 31.1 Å². The van der Waals surface area contributed by atoms with Crippen molar-refractivity contribution in [1.29, 1.82) is 0 Å². The number of pyridine rings is 1. The van der Waals surface area contributed by atoms with Crippen molar-refractivity contribution in [3.63, 3.8) is 0 Å². The van der Waals surface area contributed by atoms with E-state index in [9.17, 15) is 4.79 Å². The van der Waals surface area contributed by atoms with E-state index in [2.05, 4.69) is 34.4 Å². The lowest BCUT2D eigenvalue weighted by atomic mass is 10.1. The molecule has 2 N–H and O–H groups in total. The van der Waals surface area contributed by atoms with Crippen LogP contribution in [-0.4, -0.2) is 61.5 Å². The zero-order valence-electron chi connectivity index (χ0n) is 15.2. The predicted molar refractivity (Wildman–Crippen MR) is 95.5 cm³/mol. The minimum absolute atomic E-state index is 0.0351. The second-order valence-electron chi connectivity index (χ2n) is 6.91. The van der Waals surface area contributed by atoms with Crippen LogP contribution < -0.4 is 15.5 Å². The Morgan fingerprint density at radius 1 is 1.32 bits per heavy atom. The Hall–Kier alpha value is -1.70. The Labute approximate surface area is 149 Å². The summed E-state index contributed by atoms with van der Waals surface area (Å²) < 4.78 is 11.3. The molecular weight excluding hydrogens is 320 g/mol. The van der Waals surface area contributed by atoms with Gasteiger partial charge in [-0.2, -0.15) is 0 Å². The van der Waals surface area contributed by atoms with Gasteiger partial charge in [0.1, 0.15) is 11.9 Å². The van der Waals surface area contributed by atoms with Crippen LogP contribution in [0.4, 0.5) is 5.82 Å². The van der Waals surface area contributed by atoms with E-state index in [0.29, 0.717) is 19.7 Å². The van der Waals surface area contributed by atoms with Crippen LogP contribution in [0.25, 0.3) is 0 Å². The first-order chi connectivity index (χ1) is 12.0. The summed E-state index contributed by atoms with van der Waals surface area (Å²) in [4.78, 5) is 19.1. The third kappa shape index (κ3) is 4.68. The van der Waals surface area contributed by atoms with Crippen molar-refractivity contribution in [1.82, 2.24) is 15.6 Å². The van der Waals surface area contributed by atoms with E-state index in [4.69, 9.17) is 9.47 Å². The molecule has 1 amide bonds. The van der Waals surface area contributed by atoms with Crippen LogP contribution in [0.15, 0.2) is 18.3 Å². The Bertz CT molecular complexity index is 570. The SMILES string of the molecule is CC1CN(c2ccc(CNC(=O)[C@H]3NCCO[C@@H]3C)cn2)CC(C)O1. The van der Waals surface area contributed by atoms with E-state index < -0.39 is 0 Å². The van der Waals surface area contributed by atoms with Crippen LogP contribution in [0.5, 0.6) is 0 Å². The Kier molecular flexibility index (Phi) is 5.88. The summed E-state index contributed by atoms with van der Waals surface area (Å²) in [5.41, 5.74) is 0.982. The number of ether oxygens (including phenoxy) is 2. The third-order valence-electron chi connectivity index (χ3n) is 4.62. The Balaban J connectivity index is 1.53.